The second kappa shape index (κ2) is 8.98. The number of hydrogen-bond acceptors (Lipinski definition) is 4. The minimum Gasteiger partial charge on any atom is -0.305 e. The third kappa shape index (κ3) is 4.94. The number of piperidine rings is 1. The Morgan fingerprint density at radius 2 is 1.54 bits per heavy atom. The first-order chi connectivity index (χ1) is 11.7. The zero-order chi connectivity index (χ0) is 16.9. The molecule has 0 aromatic carbocycles. The predicted octanol–water partition coefficient (Wildman–Crippen LogP) is 2.07. The molecule has 2 aliphatic heterocycles. The first-order valence-corrected chi connectivity index (χ1v) is 10.5. The molecule has 3 fully saturated rings. The lowest BCUT2D eigenvalue weighted by Crippen LogP contribution is -2.52. The molecule has 4 nitrogen and oxygen atoms in total. The van der Waals surface area contributed by atoms with Gasteiger partial charge in [0.15, 0.2) is 0 Å². The van der Waals surface area contributed by atoms with E-state index in [1.54, 1.807) is 0 Å². The van der Waals surface area contributed by atoms with Crippen LogP contribution in [0.5, 0.6) is 0 Å². The number of hydrogen-bond donors (Lipinski definition) is 0. The minimum absolute atomic E-state index is 0.927. The van der Waals surface area contributed by atoms with Gasteiger partial charge in [-0.2, -0.15) is 0 Å². The molecule has 140 valence electrons. The van der Waals surface area contributed by atoms with Crippen molar-refractivity contribution < 1.29 is 0 Å². The average Bonchev–Trinajstić information content (AvgIpc) is 2.61. The standard InChI is InChI=1S/C20H40N4/c1-4-21(3)11-12-22-13-15-23(16-14-22)17-19-7-9-24(10-8-19)20-6-5-18(20)2/h18-20H,4-17H2,1-3H3. The Morgan fingerprint density at radius 1 is 0.875 bits per heavy atom. The van der Waals surface area contributed by atoms with Crippen molar-refractivity contribution in [3.63, 3.8) is 0 Å². The van der Waals surface area contributed by atoms with Gasteiger partial charge in [-0.15, -0.1) is 0 Å². The Morgan fingerprint density at radius 3 is 2.08 bits per heavy atom. The molecule has 0 aromatic rings. The van der Waals surface area contributed by atoms with Crippen molar-refractivity contribution in [2.75, 3.05) is 72.5 Å². The van der Waals surface area contributed by atoms with Gasteiger partial charge < -0.3 is 14.7 Å². The summed E-state index contributed by atoms with van der Waals surface area (Å²) in [6, 6.07) is 0.927. The summed E-state index contributed by atoms with van der Waals surface area (Å²) in [6.45, 7) is 17.5. The number of likely N-dealkylation sites (N-methyl/N-ethyl adjacent to an activating group) is 1. The largest absolute Gasteiger partial charge is 0.305 e. The van der Waals surface area contributed by atoms with Crippen LogP contribution < -0.4 is 0 Å². The van der Waals surface area contributed by atoms with E-state index in [1.165, 1.54) is 84.6 Å². The molecule has 0 spiro atoms. The molecular formula is C20H40N4. The highest BCUT2D eigenvalue weighted by molar-refractivity contribution is 4.89. The van der Waals surface area contributed by atoms with Crippen LogP contribution in [-0.4, -0.2) is 98.1 Å². The summed E-state index contributed by atoms with van der Waals surface area (Å²) < 4.78 is 0. The quantitative estimate of drug-likeness (QED) is 0.705. The van der Waals surface area contributed by atoms with E-state index in [-0.39, 0.29) is 0 Å². The van der Waals surface area contributed by atoms with Crippen LogP contribution in [-0.2, 0) is 0 Å². The molecule has 1 saturated carbocycles. The van der Waals surface area contributed by atoms with Gasteiger partial charge in [0.2, 0.25) is 0 Å². The molecule has 0 N–H and O–H groups in total. The third-order valence-electron chi connectivity index (χ3n) is 7.01. The Bertz CT molecular complexity index is 359. The molecule has 2 saturated heterocycles. The van der Waals surface area contributed by atoms with Crippen molar-refractivity contribution in [3.8, 4) is 0 Å². The molecule has 0 bridgehead atoms. The lowest BCUT2D eigenvalue weighted by Gasteiger charge is -2.46. The van der Waals surface area contributed by atoms with Crippen molar-refractivity contribution in [2.24, 2.45) is 11.8 Å². The van der Waals surface area contributed by atoms with Crippen molar-refractivity contribution >= 4 is 0 Å². The predicted molar refractivity (Wildman–Crippen MR) is 103 cm³/mol. The van der Waals surface area contributed by atoms with E-state index in [0.29, 0.717) is 0 Å². The molecule has 3 rings (SSSR count). The van der Waals surface area contributed by atoms with Gasteiger partial charge in [0.05, 0.1) is 0 Å². The van der Waals surface area contributed by atoms with E-state index in [9.17, 15) is 0 Å². The van der Waals surface area contributed by atoms with Crippen LogP contribution in [0, 0.1) is 11.8 Å². The van der Waals surface area contributed by atoms with Crippen LogP contribution in [0.1, 0.15) is 39.5 Å². The summed E-state index contributed by atoms with van der Waals surface area (Å²) in [5.41, 5.74) is 0. The molecule has 24 heavy (non-hydrogen) atoms. The van der Waals surface area contributed by atoms with Crippen LogP contribution in [0.2, 0.25) is 0 Å². The van der Waals surface area contributed by atoms with E-state index in [4.69, 9.17) is 0 Å². The van der Waals surface area contributed by atoms with Gasteiger partial charge in [0.25, 0.3) is 0 Å². The van der Waals surface area contributed by atoms with Gasteiger partial charge in [-0.05, 0) is 64.2 Å². The van der Waals surface area contributed by atoms with Crippen LogP contribution in [0.25, 0.3) is 0 Å². The lowest BCUT2D eigenvalue weighted by molar-refractivity contribution is 0.0310. The van der Waals surface area contributed by atoms with E-state index in [1.807, 2.05) is 0 Å². The first-order valence-electron chi connectivity index (χ1n) is 10.5. The maximum atomic E-state index is 2.80. The minimum atomic E-state index is 0.927. The maximum Gasteiger partial charge on any atom is 0.0121 e. The summed E-state index contributed by atoms with van der Waals surface area (Å²) in [5.74, 6) is 1.91. The van der Waals surface area contributed by atoms with Gasteiger partial charge in [-0.25, -0.2) is 0 Å². The third-order valence-corrected chi connectivity index (χ3v) is 7.01. The van der Waals surface area contributed by atoms with Crippen molar-refractivity contribution in [2.45, 2.75) is 45.6 Å². The molecule has 2 atom stereocenters. The van der Waals surface area contributed by atoms with Crippen molar-refractivity contribution in [1.82, 2.24) is 19.6 Å². The normalized spacial score (nSPS) is 31.5. The monoisotopic (exact) mass is 336 g/mol. The van der Waals surface area contributed by atoms with Gasteiger partial charge in [-0.1, -0.05) is 13.8 Å². The highest BCUT2D eigenvalue weighted by Gasteiger charge is 2.34. The highest BCUT2D eigenvalue weighted by atomic mass is 15.3. The van der Waals surface area contributed by atoms with E-state index >= 15 is 0 Å². The van der Waals surface area contributed by atoms with Gasteiger partial charge >= 0.3 is 0 Å². The van der Waals surface area contributed by atoms with Crippen LogP contribution in [0.4, 0.5) is 0 Å². The second-order valence-electron chi connectivity index (χ2n) is 8.64. The number of piperazine rings is 1. The molecule has 0 radical (unpaired) electrons. The topological polar surface area (TPSA) is 13.0 Å². The molecule has 3 aliphatic rings. The fourth-order valence-electron chi connectivity index (χ4n) is 4.69. The molecule has 1 aliphatic carbocycles. The Labute approximate surface area is 150 Å². The average molecular weight is 337 g/mol. The zero-order valence-electron chi connectivity index (χ0n) is 16.4. The number of rotatable bonds is 7. The highest BCUT2D eigenvalue weighted by Crippen LogP contribution is 2.34. The smallest absolute Gasteiger partial charge is 0.0121 e. The van der Waals surface area contributed by atoms with E-state index in [0.717, 1.165) is 24.4 Å². The fourth-order valence-corrected chi connectivity index (χ4v) is 4.69. The van der Waals surface area contributed by atoms with Gasteiger partial charge in [-0.3, -0.25) is 4.90 Å². The molecule has 0 aromatic heterocycles. The number of likely N-dealkylation sites (tertiary alicyclic amines) is 1. The SMILES string of the molecule is CCN(C)CCN1CCN(CC2CCN(C3CCC3C)CC2)CC1. The Kier molecular flexibility index (Phi) is 6.97. The lowest BCUT2D eigenvalue weighted by atomic mass is 9.78. The first kappa shape index (κ1) is 18.6. The number of nitrogens with zero attached hydrogens (tertiary/aromatic N) is 4. The summed E-state index contributed by atoms with van der Waals surface area (Å²) in [4.78, 5) is 10.6. The van der Waals surface area contributed by atoms with Gasteiger partial charge in [0.1, 0.15) is 0 Å². The molecule has 0 amide bonds. The molecule has 2 unspecified atom stereocenters. The van der Waals surface area contributed by atoms with E-state index in [2.05, 4.69) is 40.5 Å². The van der Waals surface area contributed by atoms with E-state index < -0.39 is 0 Å². The summed E-state index contributed by atoms with van der Waals surface area (Å²) in [7, 11) is 2.23. The summed E-state index contributed by atoms with van der Waals surface area (Å²) in [6.07, 6.45) is 5.79. The van der Waals surface area contributed by atoms with Crippen molar-refractivity contribution in [1.29, 1.82) is 0 Å². The second-order valence-corrected chi connectivity index (χ2v) is 8.64. The Balaban J connectivity index is 1.29. The zero-order valence-corrected chi connectivity index (χ0v) is 16.4. The molecule has 2 heterocycles. The molecular weight excluding hydrogens is 296 g/mol. The van der Waals surface area contributed by atoms with Gasteiger partial charge in [0, 0.05) is 51.9 Å². The van der Waals surface area contributed by atoms with Crippen LogP contribution >= 0.6 is 0 Å². The van der Waals surface area contributed by atoms with Crippen LogP contribution in [0.15, 0.2) is 0 Å². The summed E-state index contributed by atoms with van der Waals surface area (Å²) in [5, 5.41) is 0. The summed E-state index contributed by atoms with van der Waals surface area (Å²) >= 11 is 0. The van der Waals surface area contributed by atoms with Crippen molar-refractivity contribution in [3.05, 3.63) is 0 Å². The Hall–Kier alpha value is -0.160. The maximum absolute atomic E-state index is 2.80. The fraction of sp³-hybridized carbons (Fsp3) is 1.00. The molecule has 4 heteroatoms. The van der Waals surface area contributed by atoms with Crippen LogP contribution in [0.3, 0.4) is 0 Å².